The molecule has 4 rings (SSSR count). The van der Waals surface area contributed by atoms with Gasteiger partial charge in [0.05, 0.1) is 6.54 Å². The maximum absolute atomic E-state index is 12.8. The van der Waals surface area contributed by atoms with Crippen molar-refractivity contribution in [2.75, 3.05) is 0 Å². The molecule has 2 bridgehead atoms. The number of carbonyl (C=O) groups is 1. The Morgan fingerprint density at radius 1 is 1.22 bits per heavy atom. The molecule has 0 radical (unpaired) electrons. The van der Waals surface area contributed by atoms with Crippen LogP contribution in [0.1, 0.15) is 54.1 Å². The number of nitrogens with one attached hydrogen (secondary N) is 1. The van der Waals surface area contributed by atoms with Gasteiger partial charge in [0.1, 0.15) is 5.56 Å². The van der Waals surface area contributed by atoms with E-state index in [2.05, 4.69) is 18.3 Å². The smallest absolute Gasteiger partial charge is 0.263 e. The number of pyridine rings is 1. The molecule has 142 valence electrons. The molecule has 2 aliphatic carbocycles. The first-order chi connectivity index (χ1) is 13.0. The lowest BCUT2D eigenvalue weighted by Gasteiger charge is -2.28. The van der Waals surface area contributed by atoms with E-state index in [1.807, 2.05) is 25.1 Å². The van der Waals surface area contributed by atoms with Crippen molar-refractivity contribution in [3.63, 3.8) is 0 Å². The van der Waals surface area contributed by atoms with E-state index in [0.717, 1.165) is 23.0 Å². The predicted octanol–water partition coefficient (Wildman–Crippen LogP) is 3.76. The molecule has 4 heteroatoms. The van der Waals surface area contributed by atoms with Crippen LogP contribution in [0.3, 0.4) is 0 Å². The second-order valence-corrected chi connectivity index (χ2v) is 8.44. The van der Waals surface area contributed by atoms with Crippen molar-refractivity contribution < 1.29 is 4.79 Å². The van der Waals surface area contributed by atoms with Gasteiger partial charge in [0.2, 0.25) is 0 Å². The van der Waals surface area contributed by atoms with Gasteiger partial charge in [-0.2, -0.15) is 0 Å². The van der Waals surface area contributed by atoms with Gasteiger partial charge in [-0.3, -0.25) is 9.59 Å². The number of fused-ring (bicyclic) bond motifs is 2. The Kier molecular flexibility index (Phi) is 4.90. The van der Waals surface area contributed by atoms with Crippen LogP contribution in [0.5, 0.6) is 0 Å². The zero-order valence-electron chi connectivity index (χ0n) is 16.2. The Bertz CT molecular complexity index is 901. The van der Waals surface area contributed by atoms with E-state index >= 15 is 0 Å². The lowest BCUT2D eigenvalue weighted by atomic mass is 9.84. The number of benzene rings is 1. The molecule has 1 aromatic heterocycles. The molecule has 0 aliphatic heterocycles. The maximum atomic E-state index is 12.8. The lowest BCUT2D eigenvalue weighted by molar-refractivity contribution is 0.0913. The highest BCUT2D eigenvalue weighted by Gasteiger charge is 2.42. The van der Waals surface area contributed by atoms with Crippen molar-refractivity contribution in [1.29, 1.82) is 0 Å². The van der Waals surface area contributed by atoms with E-state index in [1.165, 1.54) is 25.7 Å². The van der Waals surface area contributed by atoms with Crippen molar-refractivity contribution >= 4 is 5.91 Å². The Balaban J connectivity index is 1.48. The minimum Gasteiger partial charge on any atom is -0.349 e. The molecule has 4 atom stereocenters. The number of aryl methyl sites for hydroxylation is 1. The van der Waals surface area contributed by atoms with Gasteiger partial charge in [-0.1, -0.05) is 36.2 Å². The molecule has 1 aromatic carbocycles. The number of nitrogens with zero attached hydrogens (tertiary/aromatic N) is 1. The minimum absolute atomic E-state index is 0.123. The molecule has 4 nitrogen and oxygen atoms in total. The van der Waals surface area contributed by atoms with Crippen LogP contribution in [0, 0.1) is 24.7 Å². The van der Waals surface area contributed by atoms with Crippen molar-refractivity contribution in [3.8, 4) is 0 Å². The summed E-state index contributed by atoms with van der Waals surface area (Å²) in [6, 6.07) is 11.6. The highest BCUT2D eigenvalue weighted by molar-refractivity contribution is 5.94. The fraction of sp³-hybridized carbons (Fsp3) is 0.478. The summed E-state index contributed by atoms with van der Waals surface area (Å²) in [4.78, 5) is 25.6. The summed E-state index contributed by atoms with van der Waals surface area (Å²) in [6.45, 7) is 4.61. The molecule has 0 unspecified atom stereocenters. The fourth-order valence-corrected chi connectivity index (χ4v) is 5.14. The van der Waals surface area contributed by atoms with Gasteiger partial charge in [-0.15, -0.1) is 0 Å². The Morgan fingerprint density at radius 3 is 2.78 bits per heavy atom. The summed E-state index contributed by atoms with van der Waals surface area (Å²) in [7, 11) is 0. The molecule has 2 saturated carbocycles. The Hall–Kier alpha value is -2.36. The molecule has 1 amide bonds. The van der Waals surface area contributed by atoms with E-state index in [-0.39, 0.29) is 23.1 Å². The SMILES string of the molecule is Cc1cccc(Cn2cccc(C(=O)N[C@@H](C)[C@H]3C[C@H]4CC[C@H]3C4)c2=O)c1. The fourth-order valence-electron chi connectivity index (χ4n) is 5.14. The Labute approximate surface area is 160 Å². The summed E-state index contributed by atoms with van der Waals surface area (Å²) < 4.78 is 1.62. The standard InChI is InChI=1S/C23H28N2O2/c1-15-5-3-6-18(11-15)14-25-10-4-7-20(23(25)27)22(26)24-16(2)21-13-17-8-9-19(21)12-17/h3-7,10-11,16-17,19,21H,8-9,12-14H2,1-2H3,(H,24,26)/t16-,17-,19-,21+/m0/s1. The molecule has 0 saturated heterocycles. The second kappa shape index (κ2) is 7.34. The van der Waals surface area contributed by atoms with Gasteiger partial charge in [0.25, 0.3) is 11.5 Å². The first-order valence-corrected chi connectivity index (χ1v) is 10.1. The normalized spacial score (nSPS) is 24.7. The van der Waals surface area contributed by atoms with Crippen LogP contribution < -0.4 is 10.9 Å². The summed E-state index contributed by atoms with van der Waals surface area (Å²) in [5.41, 5.74) is 2.23. The predicted molar refractivity (Wildman–Crippen MR) is 107 cm³/mol. The second-order valence-electron chi connectivity index (χ2n) is 8.44. The average Bonchev–Trinajstić information content (AvgIpc) is 3.27. The zero-order chi connectivity index (χ0) is 19.0. The van der Waals surface area contributed by atoms with Crippen LogP contribution in [0.2, 0.25) is 0 Å². The molecule has 0 spiro atoms. The van der Waals surface area contributed by atoms with Crippen molar-refractivity contribution in [2.24, 2.45) is 17.8 Å². The van der Waals surface area contributed by atoms with Crippen LogP contribution in [-0.4, -0.2) is 16.5 Å². The number of rotatable bonds is 5. The molecule has 1 N–H and O–H groups in total. The van der Waals surface area contributed by atoms with Gasteiger partial charge in [0, 0.05) is 12.2 Å². The quantitative estimate of drug-likeness (QED) is 0.878. The van der Waals surface area contributed by atoms with Crippen LogP contribution in [0.4, 0.5) is 0 Å². The third-order valence-corrected chi connectivity index (χ3v) is 6.49. The third kappa shape index (κ3) is 3.71. The molecule has 2 aromatic rings. The number of aromatic nitrogens is 1. The minimum atomic E-state index is -0.242. The molecule has 2 aliphatic rings. The maximum Gasteiger partial charge on any atom is 0.263 e. The summed E-state index contributed by atoms with van der Waals surface area (Å²) in [6.07, 6.45) is 6.94. The van der Waals surface area contributed by atoms with Gasteiger partial charge in [-0.25, -0.2) is 0 Å². The lowest BCUT2D eigenvalue weighted by Crippen LogP contribution is -2.42. The van der Waals surface area contributed by atoms with E-state index in [0.29, 0.717) is 12.5 Å². The first-order valence-electron chi connectivity index (χ1n) is 10.1. The molecule has 27 heavy (non-hydrogen) atoms. The van der Waals surface area contributed by atoms with E-state index in [1.54, 1.807) is 22.9 Å². The van der Waals surface area contributed by atoms with Crippen LogP contribution in [0.15, 0.2) is 47.4 Å². The monoisotopic (exact) mass is 364 g/mol. The highest BCUT2D eigenvalue weighted by atomic mass is 16.2. The molecule has 2 fully saturated rings. The molecular formula is C23H28N2O2. The van der Waals surface area contributed by atoms with E-state index in [4.69, 9.17) is 0 Å². The van der Waals surface area contributed by atoms with E-state index < -0.39 is 0 Å². The number of carbonyl (C=O) groups excluding carboxylic acids is 1. The number of amides is 1. The topological polar surface area (TPSA) is 51.1 Å². The van der Waals surface area contributed by atoms with Gasteiger partial charge < -0.3 is 9.88 Å². The first kappa shape index (κ1) is 18.0. The van der Waals surface area contributed by atoms with Gasteiger partial charge in [0.15, 0.2) is 0 Å². The van der Waals surface area contributed by atoms with Crippen molar-refractivity contribution in [2.45, 2.75) is 52.1 Å². The highest BCUT2D eigenvalue weighted by Crippen LogP contribution is 2.49. The summed E-state index contributed by atoms with van der Waals surface area (Å²) in [5, 5.41) is 3.11. The summed E-state index contributed by atoms with van der Waals surface area (Å²) >= 11 is 0. The van der Waals surface area contributed by atoms with Gasteiger partial charge >= 0.3 is 0 Å². The summed E-state index contributed by atoms with van der Waals surface area (Å²) in [5.74, 6) is 1.92. The van der Waals surface area contributed by atoms with E-state index in [9.17, 15) is 9.59 Å². The van der Waals surface area contributed by atoms with Crippen molar-refractivity contribution in [1.82, 2.24) is 9.88 Å². The third-order valence-electron chi connectivity index (χ3n) is 6.49. The van der Waals surface area contributed by atoms with Crippen LogP contribution in [0.25, 0.3) is 0 Å². The van der Waals surface area contributed by atoms with Crippen LogP contribution in [-0.2, 0) is 6.54 Å². The Morgan fingerprint density at radius 2 is 2.07 bits per heavy atom. The zero-order valence-corrected chi connectivity index (χ0v) is 16.2. The average molecular weight is 364 g/mol. The molecule has 1 heterocycles. The largest absolute Gasteiger partial charge is 0.349 e. The van der Waals surface area contributed by atoms with Crippen molar-refractivity contribution in [3.05, 3.63) is 69.6 Å². The molecular weight excluding hydrogens is 336 g/mol. The van der Waals surface area contributed by atoms with Gasteiger partial charge in [-0.05, 0) is 68.6 Å². The number of hydrogen-bond donors (Lipinski definition) is 1. The van der Waals surface area contributed by atoms with Crippen LogP contribution >= 0.6 is 0 Å². The number of hydrogen-bond acceptors (Lipinski definition) is 2.